The second kappa shape index (κ2) is 8.15. The summed E-state index contributed by atoms with van der Waals surface area (Å²) in [6, 6.07) is 4.53. The highest BCUT2D eigenvalue weighted by atomic mass is 35.5. The molecule has 23 heavy (non-hydrogen) atoms. The van der Waals surface area contributed by atoms with Crippen LogP contribution in [0.1, 0.15) is 57.9 Å². The van der Waals surface area contributed by atoms with Gasteiger partial charge in [-0.1, -0.05) is 38.3 Å². The molecule has 0 saturated heterocycles. The van der Waals surface area contributed by atoms with Gasteiger partial charge in [-0.15, -0.1) is 12.4 Å². The number of halogens is 3. The van der Waals surface area contributed by atoms with Crippen molar-refractivity contribution in [3.8, 4) is 0 Å². The highest BCUT2D eigenvalue weighted by Gasteiger charge is 2.47. The maximum atomic E-state index is 14.1. The molecule has 2 atom stereocenters. The summed E-state index contributed by atoms with van der Waals surface area (Å²) >= 11 is 5.99. The Balaban J connectivity index is 0.00000264. The zero-order chi connectivity index (χ0) is 16.4. The van der Waals surface area contributed by atoms with Gasteiger partial charge in [-0.2, -0.15) is 0 Å². The lowest BCUT2D eigenvalue weighted by atomic mass is 9.62. The fourth-order valence-corrected chi connectivity index (χ4v) is 4.20. The van der Waals surface area contributed by atoms with E-state index in [0.29, 0.717) is 17.0 Å². The van der Waals surface area contributed by atoms with Crippen molar-refractivity contribution >= 4 is 24.0 Å². The third-order valence-corrected chi connectivity index (χ3v) is 5.75. The SMILES string of the molecule is CCC(N)(CC)[C@@H]1CCCC[C@@]1(O)Cc1cc(Cl)ccc1F.Cl. The standard InChI is InChI=1S/C18H27ClFNO.ClH/c1-3-17(21,4-2)16-7-5-6-10-18(16,22)12-13-11-14(19)8-9-15(13)20;/h8-9,11,16,22H,3-7,10,12,21H2,1-2H3;1H/t16-,18+;/m0./s1. The lowest BCUT2D eigenvalue weighted by Gasteiger charge is -2.49. The molecular formula is C18H28Cl2FNO. The van der Waals surface area contributed by atoms with Crippen LogP contribution in [0.3, 0.4) is 0 Å². The van der Waals surface area contributed by atoms with Crippen LogP contribution < -0.4 is 5.73 Å². The summed E-state index contributed by atoms with van der Waals surface area (Å²) in [5.74, 6) is -0.320. The summed E-state index contributed by atoms with van der Waals surface area (Å²) in [5, 5.41) is 11.8. The second-order valence-corrected chi connectivity index (χ2v) is 7.19. The van der Waals surface area contributed by atoms with Crippen molar-refractivity contribution < 1.29 is 9.50 Å². The zero-order valence-corrected chi connectivity index (χ0v) is 15.5. The van der Waals surface area contributed by atoms with E-state index in [1.807, 2.05) is 0 Å². The van der Waals surface area contributed by atoms with Gasteiger partial charge in [-0.05, 0) is 49.4 Å². The van der Waals surface area contributed by atoms with Gasteiger partial charge in [0.1, 0.15) is 5.82 Å². The summed E-state index contributed by atoms with van der Waals surface area (Å²) in [4.78, 5) is 0. The Morgan fingerprint density at radius 2 is 2.00 bits per heavy atom. The van der Waals surface area contributed by atoms with E-state index in [2.05, 4.69) is 13.8 Å². The van der Waals surface area contributed by atoms with Gasteiger partial charge in [0.15, 0.2) is 0 Å². The average Bonchev–Trinajstić information content (AvgIpc) is 2.50. The summed E-state index contributed by atoms with van der Waals surface area (Å²) in [7, 11) is 0. The van der Waals surface area contributed by atoms with Crippen LogP contribution in [0.25, 0.3) is 0 Å². The Labute approximate surface area is 150 Å². The molecule has 2 nitrogen and oxygen atoms in total. The predicted octanol–water partition coefficient (Wildman–Crippen LogP) is 4.88. The van der Waals surface area contributed by atoms with Gasteiger partial charge in [-0.3, -0.25) is 0 Å². The highest BCUT2D eigenvalue weighted by Crippen LogP contribution is 2.44. The van der Waals surface area contributed by atoms with Crippen LogP contribution in [-0.2, 0) is 6.42 Å². The topological polar surface area (TPSA) is 46.2 Å². The summed E-state index contributed by atoms with van der Waals surface area (Å²) in [5.41, 5.74) is 5.72. The Kier molecular flexibility index (Phi) is 7.34. The molecule has 0 radical (unpaired) electrons. The van der Waals surface area contributed by atoms with Crippen LogP contribution in [0.4, 0.5) is 4.39 Å². The molecule has 1 aromatic rings. The van der Waals surface area contributed by atoms with E-state index in [1.54, 1.807) is 6.07 Å². The van der Waals surface area contributed by atoms with Crippen molar-refractivity contribution in [2.45, 2.75) is 69.9 Å². The lowest BCUT2D eigenvalue weighted by molar-refractivity contribution is -0.0804. The minimum absolute atomic E-state index is 0. The largest absolute Gasteiger partial charge is 0.389 e. The van der Waals surface area contributed by atoms with Crippen LogP contribution in [0.5, 0.6) is 0 Å². The molecule has 0 amide bonds. The first-order valence-corrected chi connectivity index (χ1v) is 8.67. The monoisotopic (exact) mass is 363 g/mol. The van der Waals surface area contributed by atoms with Crippen molar-refractivity contribution in [1.29, 1.82) is 0 Å². The Morgan fingerprint density at radius 3 is 2.61 bits per heavy atom. The van der Waals surface area contributed by atoms with Gasteiger partial charge < -0.3 is 10.8 Å². The number of rotatable bonds is 5. The molecule has 1 fully saturated rings. The summed E-state index contributed by atoms with van der Waals surface area (Å²) in [6.45, 7) is 4.14. The molecule has 132 valence electrons. The molecule has 1 saturated carbocycles. The fraction of sp³-hybridized carbons (Fsp3) is 0.667. The maximum absolute atomic E-state index is 14.1. The third kappa shape index (κ3) is 4.39. The van der Waals surface area contributed by atoms with E-state index in [9.17, 15) is 9.50 Å². The Morgan fingerprint density at radius 1 is 1.35 bits per heavy atom. The summed E-state index contributed by atoms with van der Waals surface area (Å²) < 4.78 is 14.1. The molecule has 1 aliphatic rings. The van der Waals surface area contributed by atoms with Crippen molar-refractivity contribution in [3.05, 3.63) is 34.6 Å². The molecule has 0 aliphatic heterocycles. The van der Waals surface area contributed by atoms with E-state index in [4.69, 9.17) is 17.3 Å². The number of aliphatic hydroxyl groups is 1. The first-order chi connectivity index (χ1) is 10.3. The Hall–Kier alpha value is -0.350. The second-order valence-electron chi connectivity index (χ2n) is 6.75. The first kappa shape index (κ1) is 20.7. The van der Waals surface area contributed by atoms with E-state index in [1.165, 1.54) is 12.1 Å². The van der Waals surface area contributed by atoms with E-state index in [0.717, 1.165) is 32.1 Å². The van der Waals surface area contributed by atoms with Crippen molar-refractivity contribution in [3.63, 3.8) is 0 Å². The van der Waals surface area contributed by atoms with Crippen LogP contribution in [-0.4, -0.2) is 16.2 Å². The number of hydrogen-bond donors (Lipinski definition) is 2. The van der Waals surface area contributed by atoms with Crippen LogP contribution >= 0.6 is 24.0 Å². The third-order valence-electron chi connectivity index (χ3n) is 5.52. The highest BCUT2D eigenvalue weighted by molar-refractivity contribution is 6.30. The first-order valence-electron chi connectivity index (χ1n) is 8.30. The van der Waals surface area contributed by atoms with Crippen LogP contribution in [0, 0.1) is 11.7 Å². The van der Waals surface area contributed by atoms with E-state index in [-0.39, 0.29) is 30.6 Å². The van der Waals surface area contributed by atoms with Gasteiger partial charge in [0.05, 0.1) is 5.60 Å². The van der Waals surface area contributed by atoms with Crippen molar-refractivity contribution in [1.82, 2.24) is 0 Å². The number of hydrogen-bond acceptors (Lipinski definition) is 2. The van der Waals surface area contributed by atoms with Crippen LogP contribution in [0.15, 0.2) is 18.2 Å². The van der Waals surface area contributed by atoms with Gasteiger partial charge in [0, 0.05) is 22.9 Å². The van der Waals surface area contributed by atoms with Crippen LogP contribution in [0.2, 0.25) is 5.02 Å². The summed E-state index contributed by atoms with van der Waals surface area (Å²) in [6.07, 6.45) is 5.51. The van der Waals surface area contributed by atoms with E-state index < -0.39 is 11.1 Å². The van der Waals surface area contributed by atoms with Gasteiger partial charge in [-0.25, -0.2) is 4.39 Å². The molecule has 2 rings (SSSR count). The van der Waals surface area contributed by atoms with E-state index >= 15 is 0 Å². The van der Waals surface area contributed by atoms with Gasteiger partial charge >= 0.3 is 0 Å². The minimum Gasteiger partial charge on any atom is -0.389 e. The quantitative estimate of drug-likeness (QED) is 0.782. The fourth-order valence-electron chi connectivity index (χ4n) is 4.01. The van der Waals surface area contributed by atoms with Gasteiger partial charge in [0.25, 0.3) is 0 Å². The Bertz CT molecular complexity index is 522. The molecule has 5 heteroatoms. The molecule has 0 unspecified atom stereocenters. The molecular weight excluding hydrogens is 336 g/mol. The minimum atomic E-state index is -0.954. The molecule has 0 spiro atoms. The van der Waals surface area contributed by atoms with Gasteiger partial charge in [0.2, 0.25) is 0 Å². The molecule has 0 aromatic heterocycles. The lowest BCUT2D eigenvalue weighted by Crippen LogP contribution is -2.58. The average molecular weight is 364 g/mol. The number of benzene rings is 1. The predicted molar refractivity (Wildman–Crippen MR) is 96.8 cm³/mol. The maximum Gasteiger partial charge on any atom is 0.126 e. The normalized spacial score (nSPS) is 25.0. The van der Waals surface area contributed by atoms with Crippen molar-refractivity contribution in [2.75, 3.05) is 0 Å². The smallest absolute Gasteiger partial charge is 0.126 e. The zero-order valence-electron chi connectivity index (χ0n) is 13.9. The number of nitrogens with two attached hydrogens (primary N) is 1. The molecule has 1 aromatic carbocycles. The molecule has 1 aliphatic carbocycles. The molecule has 0 heterocycles. The molecule has 0 bridgehead atoms. The van der Waals surface area contributed by atoms with Crippen molar-refractivity contribution in [2.24, 2.45) is 11.7 Å². The molecule has 3 N–H and O–H groups in total.